The van der Waals surface area contributed by atoms with Crippen LogP contribution in [0.5, 0.6) is 5.75 Å². The van der Waals surface area contributed by atoms with E-state index in [1.807, 2.05) is 6.07 Å². The quantitative estimate of drug-likeness (QED) is 0.916. The largest absolute Gasteiger partial charge is 0.491 e. The van der Waals surface area contributed by atoms with Gasteiger partial charge in [-0.3, -0.25) is 4.79 Å². The molecule has 1 fully saturated rings. The highest BCUT2D eigenvalue weighted by atomic mass is 19.1. The molecule has 1 saturated heterocycles. The van der Waals surface area contributed by atoms with Gasteiger partial charge >= 0.3 is 0 Å². The van der Waals surface area contributed by atoms with Gasteiger partial charge < -0.3 is 14.8 Å². The summed E-state index contributed by atoms with van der Waals surface area (Å²) in [6.07, 6.45) is 2.20. The Balaban J connectivity index is 1.61. The molecule has 0 spiro atoms. The summed E-state index contributed by atoms with van der Waals surface area (Å²) in [5.74, 6) is 0.0268. The van der Waals surface area contributed by atoms with Crippen LogP contribution in [-0.4, -0.2) is 25.2 Å². The summed E-state index contributed by atoms with van der Waals surface area (Å²) >= 11 is 0. The zero-order chi connectivity index (χ0) is 16.1. The fourth-order valence-corrected chi connectivity index (χ4v) is 2.43. The molecule has 1 heterocycles. The standard InChI is InChI=1S/C18H18FNO3/c19-14-6-8-15(9-7-14)20-18(21)13-3-1-4-16(11-13)23-12-17-5-2-10-22-17/h1,3-4,6-9,11,17H,2,5,10,12H2,(H,20,21). The van der Waals surface area contributed by atoms with Gasteiger partial charge in [-0.25, -0.2) is 4.39 Å². The summed E-state index contributed by atoms with van der Waals surface area (Å²) in [7, 11) is 0. The third-order valence-corrected chi connectivity index (χ3v) is 3.66. The first-order valence-corrected chi connectivity index (χ1v) is 7.62. The second kappa shape index (κ2) is 7.24. The SMILES string of the molecule is O=C(Nc1ccc(F)cc1)c1cccc(OCC2CCCO2)c1. The summed E-state index contributed by atoms with van der Waals surface area (Å²) in [4.78, 5) is 12.2. The molecule has 1 aliphatic heterocycles. The number of ether oxygens (including phenoxy) is 2. The highest BCUT2D eigenvalue weighted by Gasteiger charge is 2.16. The van der Waals surface area contributed by atoms with Gasteiger partial charge in [0.1, 0.15) is 18.2 Å². The molecule has 4 nitrogen and oxygen atoms in total. The van der Waals surface area contributed by atoms with E-state index in [1.165, 1.54) is 24.3 Å². The first-order chi connectivity index (χ1) is 11.2. The topological polar surface area (TPSA) is 47.6 Å². The maximum Gasteiger partial charge on any atom is 0.255 e. The fraction of sp³-hybridized carbons (Fsp3) is 0.278. The number of hydrogen-bond acceptors (Lipinski definition) is 3. The molecule has 0 radical (unpaired) electrons. The van der Waals surface area contributed by atoms with Crippen LogP contribution >= 0.6 is 0 Å². The molecule has 1 N–H and O–H groups in total. The fourth-order valence-electron chi connectivity index (χ4n) is 2.43. The predicted octanol–water partition coefficient (Wildman–Crippen LogP) is 3.64. The van der Waals surface area contributed by atoms with Crippen molar-refractivity contribution < 1.29 is 18.7 Å². The van der Waals surface area contributed by atoms with Crippen molar-refractivity contribution in [3.8, 4) is 5.75 Å². The molecule has 2 aromatic carbocycles. The molecule has 1 amide bonds. The molecule has 23 heavy (non-hydrogen) atoms. The molecular formula is C18H18FNO3. The van der Waals surface area contributed by atoms with Gasteiger partial charge in [0.05, 0.1) is 6.10 Å². The molecule has 5 heteroatoms. The van der Waals surface area contributed by atoms with Crippen LogP contribution in [0.2, 0.25) is 0 Å². The molecule has 0 saturated carbocycles. The van der Waals surface area contributed by atoms with E-state index >= 15 is 0 Å². The Labute approximate surface area is 134 Å². The van der Waals surface area contributed by atoms with Crippen molar-refractivity contribution in [1.29, 1.82) is 0 Å². The Kier molecular flexibility index (Phi) is 4.88. The van der Waals surface area contributed by atoms with E-state index in [1.54, 1.807) is 18.2 Å². The van der Waals surface area contributed by atoms with E-state index < -0.39 is 0 Å². The lowest BCUT2D eigenvalue weighted by molar-refractivity contribution is 0.0679. The lowest BCUT2D eigenvalue weighted by Gasteiger charge is -2.12. The molecular weight excluding hydrogens is 297 g/mol. The number of halogens is 1. The summed E-state index contributed by atoms with van der Waals surface area (Å²) in [5, 5.41) is 2.72. The minimum atomic E-state index is -0.340. The van der Waals surface area contributed by atoms with E-state index in [0.717, 1.165) is 19.4 Å². The van der Waals surface area contributed by atoms with Crippen molar-refractivity contribution in [3.63, 3.8) is 0 Å². The number of benzene rings is 2. The second-order valence-electron chi connectivity index (χ2n) is 5.43. The summed E-state index contributed by atoms with van der Waals surface area (Å²) in [5.41, 5.74) is 1.03. The minimum absolute atomic E-state index is 0.131. The summed E-state index contributed by atoms with van der Waals surface area (Å²) in [6.45, 7) is 1.27. The van der Waals surface area contributed by atoms with Crippen molar-refractivity contribution in [1.82, 2.24) is 0 Å². The van der Waals surface area contributed by atoms with Gasteiger partial charge in [-0.05, 0) is 55.3 Å². The minimum Gasteiger partial charge on any atom is -0.491 e. The van der Waals surface area contributed by atoms with Crippen molar-refractivity contribution in [2.75, 3.05) is 18.5 Å². The van der Waals surface area contributed by atoms with Crippen molar-refractivity contribution in [2.45, 2.75) is 18.9 Å². The smallest absolute Gasteiger partial charge is 0.255 e. The van der Waals surface area contributed by atoms with Crippen molar-refractivity contribution in [3.05, 3.63) is 59.9 Å². The number of hydrogen-bond donors (Lipinski definition) is 1. The molecule has 1 unspecified atom stereocenters. The van der Waals surface area contributed by atoms with Crippen molar-refractivity contribution >= 4 is 11.6 Å². The van der Waals surface area contributed by atoms with Crippen LogP contribution in [0, 0.1) is 5.82 Å². The van der Waals surface area contributed by atoms with Gasteiger partial charge in [-0.15, -0.1) is 0 Å². The maximum atomic E-state index is 12.9. The monoisotopic (exact) mass is 315 g/mol. The normalized spacial score (nSPS) is 17.0. The van der Waals surface area contributed by atoms with Crippen LogP contribution in [0.1, 0.15) is 23.2 Å². The van der Waals surface area contributed by atoms with Gasteiger partial charge in [-0.2, -0.15) is 0 Å². The summed E-state index contributed by atoms with van der Waals surface area (Å²) in [6, 6.07) is 12.6. The zero-order valence-electron chi connectivity index (χ0n) is 12.6. The van der Waals surface area contributed by atoms with E-state index in [2.05, 4.69) is 5.32 Å². The lowest BCUT2D eigenvalue weighted by Crippen LogP contribution is -2.17. The molecule has 1 atom stereocenters. The van der Waals surface area contributed by atoms with Crippen LogP contribution in [0.3, 0.4) is 0 Å². The number of carbonyl (C=O) groups excluding carboxylic acids is 1. The summed E-state index contributed by atoms with van der Waals surface area (Å²) < 4.78 is 24.1. The number of rotatable bonds is 5. The molecule has 0 bridgehead atoms. The molecule has 0 aromatic heterocycles. The Morgan fingerprint density at radius 3 is 2.83 bits per heavy atom. The van der Waals surface area contributed by atoms with E-state index in [4.69, 9.17) is 9.47 Å². The zero-order valence-corrected chi connectivity index (χ0v) is 12.6. The third-order valence-electron chi connectivity index (χ3n) is 3.66. The van der Waals surface area contributed by atoms with Crippen LogP contribution < -0.4 is 10.1 Å². The van der Waals surface area contributed by atoms with E-state index in [-0.39, 0.29) is 17.8 Å². The van der Waals surface area contributed by atoms with Crippen LogP contribution in [0.4, 0.5) is 10.1 Å². The molecule has 3 rings (SSSR count). The highest BCUT2D eigenvalue weighted by molar-refractivity contribution is 6.04. The van der Waals surface area contributed by atoms with Gasteiger partial charge in [0.2, 0.25) is 0 Å². The molecule has 2 aromatic rings. The van der Waals surface area contributed by atoms with E-state index in [9.17, 15) is 9.18 Å². The van der Waals surface area contributed by atoms with Crippen molar-refractivity contribution in [2.24, 2.45) is 0 Å². The predicted molar refractivity (Wildman–Crippen MR) is 85.3 cm³/mol. The first-order valence-electron chi connectivity index (χ1n) is 7.62. The number of carbonyl (C=O) groups is 1. The molecule has 1 aliphatic rings. The van der Waals surface area contributed by atoms with Gasteiger partial charge in [-0.1, -0.05) is 6.07 Å². The Morgan fingerprint density at radius 1 is 1.26 bits per heavy atom. The lowest BCUT2D eigenvalue weighted by atomic mass is 10.2. The van der Waals surface area contributed by atoms with Gasteiger partial charge in [0.25, 0.3) is 5.91 Å². The second-order valence-corrected chi connectivity index (χ2v) is 5.43. The Bertz CT molecular complexity index is 666. The van der Waals surface area contributed by atoms with E-state index in [0.29, 0.717) is 23.6 Å². The average Bonchev–Trinajstić information content (AvgIpc) is 3.09. The molecule has 0 aliphatic carbocycles. The average molecular weight is 315 g/mol. The van der Waals surface area contributed by atoms with Gasteiger partial charge in [0.15, 0.2) is 0 Å². The van der Waals surface area contributed by atoms with Crippen LogP contribution in [0.25, 0.3) is 0 Å². The Hall–Kier alpha value is -2.40. The van der Waals surface area contributed by atoms with Gasteiger partial charge in [0, 0.05) is 17.9 Å². The number of nitrogens with one attached hydrogen (secondary N) is 1. The van der Waals surface area contributed by atoms with Crippen LogP contribution in [-0.2, 0) is 4.74 Å². The van der Waals surface area contributed by atoms with Crippen LogP contribution in [0.15, 0.2) is 48.5 Å². The maximum absolute atomic E-state index is 12.9. The number of anilines is 1. The molecule has 120 valence electrons. The Morgan fingerprint density at radius 2 is 2.09 bits per heavy atom. The first kappa shape index (κ1) is 15.5. The third kappa shape index (κ3) is 4.29. The number of amides is 1. The highest BCUT2D eigenvalue weighted by Crippen LogP contribution is 2.18.